The normalized spacial score (nSPS) is 20.3. The SMILES string of the molecule is CCCCCCOc1ccc(-c2ccc(C3(O)CCC(OC(=O)OCCC)CC3)cc2)cc1. The molecule has 5 heteroatoms. The molecule has 0 aliphatic heterocycles. The van der Waals surface area contributed by atoms with Crippen LogP contribution in [0.15, 0.2) is 48.5 Å². The largest absolute Gasteiger partial charge is 0.508 e. The molecule has 0 bridgehead atoms. The highest BCUT2D eigenvalue weighted by Gasteiger charge is 2.36. The third-order valence-corrected chi connectivity index (χ3v) is 6.32. The molecular formula is C28H38O5. The Morgan fingerprint density at radius 3 is 2.12 bits per heavy atom. The number of benzene rings is 2. The second-order valence-electron chi connectivity index (χ2n) is 8.96. The summed E-state index contributed by atoms with van der Waals surface area (Å²) in [6, 6.07) is 16.3. The summed E-state index contributed by atoms with van der Waals surface area (Å²) in [6.45, 7) is 5.29. The van der Waals surface area contributed by atoms with Crippen LogP contribution < -0.4 is 4.74 Å². The molecule has 0 unspecified atom stereocenters. The number of carbonyl (C=O) groups excluding carboxylic acids is 1. The molecule has 0 atom stereocenters. The quantitative estimate of drug-likeness (QED) is 0.292. The van der Waals surface area contributed by atoms with Crippen molar-refractivity contribution in [2.75, 3.05) is 13.2 Å². The van der Waals surface area contributed by atoms with Crippen LogP contribution in [0.3, 0.4) is 0 Å². The summed E-state index contributed by atoms with van der Waals surface area (Å²) in [5.41, 5.74) is 2.24. The Labute approximate surface area is 198 Å². The van der Waals surface area contributed by atoms with Crippen LogP contribution in [0.4, 0.5) is 4.79 Å². The minimum atomic E-state index is -0.888. The molecule has 33 heavy (non-hydrogen) atoms. The highest BCUT2D eigenvalue weighted by molar-refractivity contribution is 5.64. The fourth-order valence-corrected chi connectivity index (χ4v) is 4.27. The third-order valence-electron chi connectivity index (χ3n) is 6.32. The molecule has 0 spiro atoms. The van der Waals surface area contributed by atoms with E-state index in [1.54, 1.807) is 0 Å². The van der Waals surface area contributed by atoms with Gasteiger partial charge in [-0.3, -0.25) is 0 Å². The lowest BCUT2D eigenvalue weighted by atomic mass is 9.78. The van der Waals surface area contributed by atoms with E-state index < -0.39 is 11.8 Å². The Morgan fingerprint density at radius 1 is 0.879 bits per heavy atom. The van der Waals surface area contributed by atoms with E-state index in [1.165, 1.54) is 19.3 Å². The van der Waals surface area contributed by atoms with Gasteiger partial charge in [-0.1, -0.05) is 69.5 Å². The first-order valence-corrected chi connectivity index (χ1v) is 12.4. The Kier molecular flexibility index (Phi) is 9.61. The van der Waals surface area contributed by atoms with E-state index in [2.05, 4.69) is 31.2 Å². The standard InChI is InChI=1S/C28H38O5/c1-3-5-6-7-21-31-25-14-10-23(11-15-25)22-8-12-24(13-9-22)28(30)18-16-26(17-19-28)33-27(29)32-20-4-2/h8-15,26,30H,3-7,16-21H2,1-2H3. The molecule has 2 aromatic rings. The van der Waals surface area contributed by atoms with E-state index in [-0.39, 0.29) is 6.10 Å². The van der Waals surface area contributed by atoms with Crippen molar-refractivity contribution in [2.24, 2.45) is 0 Å². The average Bonchev–Trinajstić information content (AvgIpc) is 2.85. The average molecular weight is 455 g/mol. The number of hydrogen-bond acceptors (Lipinski definition) is 5. The number of rotatable bonds is 11. The van der Waals surface area contributed by atoms with Crippen molar-refractivity contribution in [2.45, 2.75) is 83.3 Å². The zero-order valence-electron chi connectivity index (χ0n) is 20.1. The fourth-order valence-electron chi connectivity index (χ4n) is 4.27. The fraction of sp³-hybridized carbons (Fsp3) is 0.536. The van der Waals surface area contributed by atoms with Gasteiger partial charge in [-0.15, -0.1) is 0 Å². The van der Waals surface area contributed by atoms with Crippen molar-refractivity contribution in [3.63, 3.8) is 0 Å². The van der Waals surface area contributed by atoms with Crippen LogP contribution >= 0.6 is 0 Å². The maximum Gasteiger partial charge on any atom is 0.508 e. The van der Waals surface area contributed by atoms with Crippen LogP contribution in [0.5, 0.6) is 5.75 Å². The molecule has 0 amide bonds. The molecule has 0 heterocycles. The van der Waals surface area contributed by atoms with Crippen LogP contribution in [0, 0.1) is 0 Å². The molecule has 1 saturated carbocycles. The van der Waals surface area contributed by atoms with Crippen LogP contribution in [-0.4, -0.2) is 30.6 Å². The van der Waals surface area contributed by atoms with Crippen molar-refractivity contribution >= 4 is 6.16 Å². The molecule has 5 nitrogen and oxygen atoms in total. The second kappa shape index (κ2) is 12.6. The molecule has 0 aromatic heterocycles. The highest BCUT2D eigenvalue weighted by Crippen LogP contribution is 2.39. The van der Waals surface area contributed by atoms with E-state index >= 15 is 0 Å². The van der Waals surface area contributed by atoms with Gasteiger partial charge in [0.05, 0.1) is 18.8 Å². The highest BCUT2D eigenvalue weighted by atomic mass is 16.7. The summed E-state index contributed by atoms with van der Waals surface area (Å²) in [7, 11) is 0. The van der Waals surface area contributed by atoms with Crippen LogP contribution in [0.25, 0.3) is 11.1 Å². The van der Waals surface area contributed by atoms with Gasteiger partial charge < -0.3 is 19.3 Å². The number of hydrogen-bond donors (Lipinski definition) is 1. The van der Waals surface area contributed by atoms with E-state index in [9.17, 15) is 9.90 Å². The van der Waals surface area contributed by atoms with Gasteiger partial charge >= 0.3 is 6.16 Å². The maximum atomic E-state index is 11.7. The van der Waals surface area contributed by atoms with Crippen molar-refractivity contribution in [1.29, 1.82) is 0 Å². The number of unbranched alkanes of at least 4 members (excludes halogenated alkanes) is 3. The molecule has 0 saturated heterocycles. The molecule has 1 N–H and O–H groups in total. The predicted octanol–water partition coefficient (Wildman–Crippen LogP) is 7.01. The van der Waals surface area contributed by atoms with Gasteiger partial charge in [-0.25, -0.2) is 4.79 Å². The lowest BCUT2D eigenvalue weighted by Crippen LogP contribution is -2.35. The van der Waals surface area contributed by atoms with E-state index in [4.69, 9.17) is 14.2 Å². The lowest BCUT2D eigenvalue weighted by molar-refractivity contribution is -0.0536. The van der Waals surface area contributed by atoms with Crippen LogP contribution in [-0.2, 0) is 15.1 Å². The summed E-state index contributed by atoms with van der Waals surface area (Å²) in [5.74, 6) is 0.902. The molecule has 1 aliphatic carbocycles. The van der Waals surface area contributed by atoms with Crippen molar-refractivity contribution in [3.8, 4) is 16.9 Å². The smallest absolute Gasteiger partial charge is 0.494 e. The topological polar surface area (TPSA) is 65.0 Å². The molecule has 2 aromatic carbocycles. The monoisotopic (exact) mass is 454 g/mol. The summed E-state index contributed by atoms with van der Waals surface area (Å²) < 4.78 is 16.2. The number of carbonyl (C=O) groups is 1. The van der Waals surface area contributed by atoms with Gasteiger partial charge in [0, 0.05) is 0 Å². The van der Waals surface area contributed by atoms with Crippen LogP contribution in [0.2, 0.25) is 0 Å². The van der Waals surface area contributed by atoms with E-state index in [0.717, 1.165) is 41.9 Å². The Bertz CT molecular complexity index is 836. The summed E-state index contributed by atoms with van der Waals surface area (Å²) in [6.07, 6.45) is 7.13. The van der Waals surface area contributed by atoms with E-state index in [1.807, 2.05) is 31.2 Å². The van der Waals surface area contributed by atoms with Gasteiger partial charge in [0.2, 0.25) is 0 Å². The first kappa shape index (κ1) is 25.1. The van der Waals surface area contributed by atoms with Crippen molar-refractivity contribution in [3.05, 3.63) is 54.1 Å². The molecule has 1 aliphatic rings. The lowest BCUT2D eigenvalue weighted by Gasteiger charge is -2.36. The van der Waals surface area contributed by atoms with Crippen molar-refractivity contribution < 1.29 is 24.1 Å². The molecule has 1 fully saturated rings. The molecular weight excluding hydrogens is 416 g/mol. The Balaban J connectivity index is 1.51. The number of aliphatic hydroxyl groups is 1. The third kappa shape index (κ3) is 7.50. The summed E-state index contributed by atoms with van der Waals surface area (Å²) >= 11 is 0. The molecule has 180 valence electrons. The second-order valence-corrected chi connectivity index (χ2v) is 8.96. The number of ether oxygens (including phenoxy) is 3. The zero-order chi connectivity index (χ0) is 23.5. The van der Waals surface area contributed by atoms with Gasteiger partial charge in [0.25, 0.3) is 0 Å². The Morgan fingerprint density at radius 2 is 1.52 bits per heavy atom. The van der Waals surface area contributed by atoms with Gasteiger partial charge in [0.15, 0.2) is 0 Å². The van der Waals surface area contributed by atoms with Crippen molar-refractivity contribution in [1.82, 2.24) is 0 Å². The maximum absolute atomic E-state index is 11.7. The molecule has 0 radical (unpaired) electrons. The summed E-state index contributed by atoms with van der Waals surface area (Å²) in [4.78, 5) is 11.7. The minimum Gasteiger partial charge on any atom is -0.494 e. The van der Waals surface area contributed by atoms with Crippen LogP contribution in [0.1, 0.15) is 77.2 Å². The van der Waals surface area contributed by atoms with Gasteiger partial charge in [-0.05, 0) is 67.3 Å². The minimum absolute atomic E-state index is 0.193. The predicted molar refractivity (Wildman–Crippen MR) is 130 cm³/mol. The molecule has 3 rings (SSSR count). The van der Waals surface area contributed by atoms with E-state index in [0.29, 0.717) is 32.3 Å². The Hall–Kier alpha value is -2.53. The summed E-state index contributed by atoms with van der Waals surface area (Å²) in [5, 5.41) is 11.2. The zero-order valence-corrected chi connectivity index (χ0v) is 20.1. The van der Waals surface area contributed by atoms with Gasteiger partial charge in [0.1, 0.15) is 11.9 Å². The first-order valence-electron chi connectivity index (χ1n) is 12.4. The van der Waals surface area contributed by atoms with Gasteiger partial charge in [-0.2, -0.15) is 0 Å². The first-order chi connectivity index (χ1) is 16.0.